The fraction of sp³-hybridized carbons (Fsp3) is 0.333. The van der Waals surface area contributed by atoms with Crippen molar-refractivity contribution in [3.05, 3.63) is 56.2 Å². The number of benzene rings is 2. The van der Waals surface area contributed by atoms with E-state index in [1.165, 1.54) is 5.56 Å². The summed E-state index contributed by atoms with van der Waals surface area (Å²) in [6.45, 7) is 9.02. The molecule has 0 saturated heterocycles. The number of halogens is 1. The number of hydrazone groups is 1. The number of hydrogen-bond donors (Lipinski definition) is 1. The van der Waals surface area contributed by atoms with Crippen molar-refractivity contribution in [1.29, 1.82) is 0 Å². The van der Waals surface area contributed by atoms with Gasteiger partial charge < -0.3 is 9.47 Å². The van der Waals surface area contributed by atoms with Crippen LogP contribution in [0.4, 0.5) is 0 Å². The van der Waals surface area contributed by atoms with Gasteiger partial charge in [0.15, 0.2) is 11.5 Å². The third-order valence-electron chi connectivity index (χ3n) is 3.87. The zero-order valence-corrected chi connectivity index (χ0v) is 18.3. The Kier molecular flexibility index (Phi) is 8.09. The molecule has 0 unspecified atom stereocenters. The quantitative estimate of drug-likeness (QED) is 0.346. The van der Waals surface area contributed by atoms with Crippen molar-refractivity contribution in [2.24, 2.45) is 5.10 Å². The maximum absolute atomic E-state index is 12.1. The van der Waals surface area contributed by atoms with Crippen molar-refractivity contribution in [3.63, 3.8) is 0 Å². The van der Waals surface area contributed by atoms with E-state index in [0.29, 0.717) is 25.4 Å². The van der Waals surface area contributed by atoms with Gasteiger partial charge in [-0.2, -0.15) is 5.10 Å². The van der Waals surface area contributed by atoms with Gasteiger partial charge in [0.05, 0.1) is 29.4 Å². The molecule has 0 aromatic heterocycles. The number of amides is 1. The number of rotatable bonds is 8. The Hall–Kier alpha value is -2.09. The summed E-state index contributed by atoms with van der Waals surface area (Å²) in [7, 11) is 0. The minimum atomic E-state index is -0.149. The molecule has 0 aliphatic rings. The van der Waals surface area contributed by atoms with Crippen LogP contribution in [0.5, 0.6) is 11.5 Å². The monoisotopic (exact) mass is 480 g/mol. The van der Waals surface area contributed by atoms with Crippen molar-refractivity contribution in [3.8, 4) is 11.5 Å². The number of nitrogens with zero attached hydrogens (tertiary/aromatic N) is 1. The van der Waals surface area contributed by atoms with Gasteiger partial charge in [-0.15, -0.1) is 0 Å². The van der Waals surface area contributed by atoms with Gasteiger partial charge in [0.2, 0.25) is 5.91 Å². The molecule has 0 bridgehead atoms. The van der Waals surface area contributed by atoms with E-state index in [9.17, 15) is 4.79 Å². The lowest BCUT2D eigenvalue weighted by Crippen LogP contribution is -2.20. The van der Waals surface area contributed by atoms with Gasteiger partial charge in [-0.1, -0.05) is 23.8 Å². The number of hydrogen-bond acceptors (Lipinski definition) is 4. The molecule has 0 spiro atoms. The van der Waals surface area contributed by atoms with Crippen LogP contribution in [0.1, 0.15) is 36.1 Å². The third kappa shape index (κ3) is 6.23. The van der Waals surface area contributed by atoms with E-state index >= 15 is 0 Å². The summed E-state index contributed by atoms with van der Waals surface area (Å²) in [4.78, 5) is 12.1. The lowest BCUT2D eigenvalue weighted by Gasteiger charge is -2.13. The van der Waals surface area contributed by atoms with E-state index < -0.39 is 0 Å². The van der Waals surface area contributed by atoms with Crippen LogP contribution in [-0.2, 0) is 11.2 Å². The normalized spacial score (nSPS) is 10.9. The van der Waals surface area contributed by atoms with E-state index in [4.69, 9.17) is 9.47 Å². The largest absolute Gasteiger partial charge is 0.490 e. The molecule has 0 atom stereocenters. The standard InChI is InChI=1S/C21H25IN2O3/c1-5-26-19-11-16(10-18(22)21(19)27-6-2)13-23-24-20(25)12-17-8-7-14(3)9-15(17)4/h7-11,13H,5-6,12H2,1-4H3,(H,24,25)/b23-13+. The molecule has 2 aromatic carbocycles. The van der Waals surface area contributed by atoms with Crippen LogP contribution in [0.3, 0.4) is 0 Å². The summed E-state index contributed by atoms with van der Waals surface area (Å²) in [5, 5.41) is 4.08. The summed E-state index contributed by atoms with van der Waals surface area (Å²) >= 11 is 2.21. The Bertz CT molecular complexity index is 834. The van der Waals surface area contributed by atoms with Crippen LogP contribution < -0.4 is 14.9 Å². The van der Waals surface area contributed by atoms with Crippen molar-refractivity contribution >= 4 is 34.7 Å². The van der Waals surface area contributed by atoms with Gasteiger partial charge in [-0.05, 0) is 79.1 Å². The zero-order chi connectivity index (χ0) is 19.8. The molecule has 2 rings (SSSR count). The van der Waals surface area contributed by atoms with Crippen LogP contribution >= 0.6 is 22.6 Å². The molecule has 0 saturated carbocycles. The molecule has 144 valence electrons. The summed E-state index contributed by atoms with van der Waals surface area (Å²) < 4.78 is 12.3. The highest BCUT2D eigenvalue weighted by Gasteiger charge is 2.11. The molecular weight excluding hydrogens is 455 g/mol. The van der Waals surface area contributed by atoms with Gasteiger partial charge in [-0.25, -0.2) is 5.43 Å². The number of ether oxygens (including phenoxy) is 2. The first-order valence-corrected chi connectivity index (χ1v) is 9.99. The van der Waals surface area contributed by atoms with Gasteiger partial charge >= 0.3 is 0 Å². The van der Waals surface area contributed by atoms with Crippen LogP contribution in [0.2, 0.25) is 0 Å². The Labute approximate surface area is 174 Å². The molecule has 0 heterocycles. The Morgan fingerprint density at radius 2 is 1.89 bits per heavy atom. The molecule has 6 heteroatoms. The average molecular weight is 480 g/mol. The van der Waals surface area contributed by atoms with Crippen molar-refractivity contribution < 1.29 is 14.3 Å². The molecular formula is C21H25IN2O3. The Morgan fingerprint density at radius 3 is 2.56 bits per heavy atom. The van der Waals surface area contributed by atoms with Gasteiger partial charge in [0.1, 0.15) is 0 Å². The summed E-state index contributed by atoms with van der Waals surface area (Å²) in [5.74, 6) is 1.26. The number of nitrogens with one attached hydrogen (secondary N) is 1. The summed E-state index contributed by atoms with van der Waals surface area (Å²) in [6, 6.07) is 9.86. The minimum Gasteiger partial charge on any atom is -0.490 e. The molecule has 1 amide bonds. The van der Waals surface area contributed by atoms with Crippen molar-refractivity contribution in [2.45, 2.75) is 34.1 Å². The average Bonchev–Trinajstić information content (AvgIpc) is 2.61. The van der Waals surface area contributed by atoms with Crippen LogP contribution in [0.15, 0.2) is 35.4 Å². The molecule has 0 radical (unpaired) electrons. The highest BCUT2D eigenvalue weighted by atomic mass is 127. The van der Waals surface area contributed by atoms with Crippen molar-refractivity contribution in [2.75, 3.05) is 13.2 Å². The Balaban J connectivity index is 2.05. The van der Waals surface area contributed by atoms with Crippen molar-refractivity contribution in [1.82, 2.24) is 5.43 Å². The first kappa shape index (κ1) is 21.2. The topological polar surface area (TPSA) is 59.9 Å². The second-order valence-electron chi connectivity index (χ2n) is 6.10. The lowest BCUT2D eigenvalue weighted by atomic mass is 10.0. The summed E-state index contributed by atoms with van der Waals surface area (Å²) in [6.07, 6.45) is 1.91. The summed E-state index contributed by atoms with van der Waals surface area (Å²) in [5.41, 5.74) is 6.72. The molecule has 1 N–H and O–H groups in total. The second-order valence-corrected chi connectivity index (χ2v) is 7.26. The van der Waals surface area contributed by atoms with E-state index in [-0.39, 0.29) is 5.91 Å². The molecule has 0 aliphatic carbocycles. The highest BCUT2D eigenvalue weighted by molar-refractivity contribution is 14.1. The number of aryl methyl sites for hydroxylation is 2. The minimum absolute atomic E-state index is 0.149. The molecule has 0 aliphatic heterocycles. The lowest BCUT2D eigenvalue weighted by molar-refractivity contribution is -0.120. The smallest absolute Gasteiger partial charge is 0.244 e. The maximum Gasteiger partial charge on any atom is 0.244 e. The predicted octanol–water partition coefficient (Wildman–Crippen LogP) is 4.40. The molecule has 0 fully saturated rings. The van der Waals surface area contributed by atoms with Gasteiger partial charge in [0, 0.05) is 0 Å². The predicted molar refractivity (Wildman–Crippen MR) is 117 cm³/mol. The molecule has 5 nitrogen and oxygen atoms in total. The Morgan fingerprint density at radius 1 is 1.15 bits per heavy atom. The first-order chi connectivity index (χ1) is 12.9. The van der Waals surface area contributed by atoms with Crippen LogP contribution in [0, 0.1) is 17.4 Å². The van der Waals surface area contributed by atoms with Gasteiger partial charge in [-0.3, -0.25) is 4.79 Å². The van der Waals surface area contributed by atoms with E-state index in [1.807, 2.05) is 52.0 Å². The highest BCUT2D eigenvalue weighted by Crippen LogP contribution is 2.33. The zero-order valence-electron chi connectivity index (χ0n) is 16.1. The van der Waals surface area contributed by atoms with E-state index in [0.717, 1.165) is 26.0 Å². The van der Waals surface area contributed by atoms with Crippen LogP contribution in [-0.4, -0.2) is 25.3 Å². The van der Waals surface area contributed by atoms with Crippen LogP contribution in [0.25, 0.3) is 0 Å². The van der Waals surface area contributed by atoms with E-state index in [1.54, 1.807) is 6.21 Å². The SMILES string of the molecule is CCOc1cc(/C=N/NC(=O)Cc2ccc(C)cc2C)cc(I)c1OCC. The van der Waals surface area contributed by atoms with E-state index in [2.05, 4.69) is 39.2 Å². The number of carbonyl (C=O) groups is 1. The third-order valence-corrected chi connectivity index (χ3v) is 4.67. The second kappa shape index (κ2) is 10.3. The molecule has 2 aromatic rings. The first-order valence-electron chi connectivity index (χ1n) is 8.91. The fourth-order valence-corrected chi connectivity index (χ4v) is 3.43. The number of carbonyl (C=O) groups excluding carboxylic acids is 1. The fourth-order valence-electron chi connectivity index (χ4n) is 2.65. The molecule has 27 heavy (non-hydrogen) atoms. The maximum atomic E-state index is 12.1. The van der Waals surface area contributed by atoms with Gasteiger partial charge in [0.25, 0.3) is 0 Å².